The molecule has 2 rings (SSSR count). The third-order valence-electron chi connectivity index (χ3n) is 2.19. The third-order valence-corrected chi connectivity index (χ3v) is 3.54. The van der Waals surface area contributed by atoms with E-state index >= 15 is 0 Å². The Morgan fingerprint density at radius 3 is 2.76 bits per heavy atom. The van der Waals surface area contributed by atoms with Gasteiger partial charge in [0.05, 0.1) is 5.69 Å². The molecule has 0 aliphatic carbocycles. The molecule has 0 unspecified atom stereocenters. The molecule has 5 heteroatoms. The summed E-state index contributed by atoms with van der Waals surface area (Å²) >= 11 is 5.69. The molecular weight excluding hydrogens is 393 g/mol. The van der Waals surface area contributed by atoms with E-state index in [-0.39, 0.29) is 0 Å². The maximum Gasteiger partial charge on any atom is 0.135 e. The van der Waals surface area contributed by atoms with Crippen LogP contribution in [0.3, 0.4) is 0 Å². The highest BCUT2D eigenvalue weighted by molar-refractivity contribution is 14.1. The highest BCUT2D eigenvalue weighted by Crippen LogP contribution is 2.22. The number of hydrogen-bond donors (Lipinski definition) is 1. The van der Waals surface area contributed by atoms with Crippen molar-refractivity contribution in [2.45, 2.75) is 13.3 Å². The molecule has 0 atom stereocenters. The van der Waals surface area contributed by atoms with Gasteiger partial charge in [0.1, 0.15) is 16.2 Å². The zero-order valence-corrected chi connectivity index (χ0v) is 13.0. The van der Waals surface area contributed by atoms with E-state index in [4.69, 9.17) is 0 Å². The van der Waals surface area contributed by atoms with Gasteiger partial charge in [0.15, 0.2) is 0 Å². The molecule has 1 N–H and O–H groups in total. The molecule has 0 saturated heterocycles. The Bertz CT molecular complexity index is 531. The van der Waals surface area contributed by atoms with Gasteiger partial charge >= 0.3 is 0 Å². The SMILES string of the molecule is CCc1nc(Br)cc(Nc2ccccc2I)n1. The summed E-state index contributed by atoms with van der Waals surface area (Å²) in [6.07, 6.45) is 0.819. The number of rotatable bonds is 3. The summed E-state index contributed by atoms with van der Waals surface area (Å²) in [6.45, 7) is 2.04. The first-order chi connectivity index (χ1) is 8.19. The molecule has 17 heavy (non-hydrogen) atoms. The minimum atomic E-state index is 0.804. The third kappa shape index (κ3) is 3.38. The predicted octanol–water partition coefficient (Wildman–Crippen LogP) is 4.15. The summed E-state index contributed by atoms with van der Waals surface area (Å²) in [4.78, 5) is 8.71. The lowest BCUT2D eigenvalue weighted by molar-refractivity contribution is 0.931. The number of aromatic nitrogens is 2. The zero-order chi connectivity index (χ0) is 12.3. The van der Waals surface area contributed by atoms with Gasteiger partial charge in [-0.25, -0.2) is 9.97 Å². The molecule has 2 aromatic rings. The number of hydrogen-bond acceptors (Lipinski definition) is 3. The second-order valence-electron chi connectivity index (χ2n) is 3.45. The molecule has 0 amide bonds. The van der Waals surface area contributed by atoms with Gasteiger partial charge in [-0.2, -0.15) is 0 Å². The molecule has 0 aliphatic rings. The quantitative estimate of drug-likeness (QED) is 0.617. The van der Waals surface area contributed by atoms with Crippen molar-refractivity contribution < 1.29 is 0 Å². The molecule has 0 radical (unpaired) electrons. The van der Waals surface area contributed by atoms with Crippen LogP contribution in [0.4, 0.5) is 11.5 Å². The van der Waals surface area contributed by atoms with E-state index in [0.29, 0.717) is 0 Å². The first kappa shape index (κ1) is 12.8. The second kappa shape index (κ2) is 5.77. The highest BCUT2D eigenvalue weighted by atomic mass is 127. The van der Waals surface area contributed by atoms with Crippen molar-refractivity contribution >= 4 is 50.0 Å². The number of nitrogens with one attached hydrogen (secondary N) is 1. The highest BCUT2D eigenvalue weighted by Gasteiger charge is 2.03. The second-order valence-corrected chi connectivity index (χ2v) is 5.43. The van der Waals surface area contributed by atoms with Crippen LogP contribution in [0.15, 0.2) is 34.9 Å². The Balaban J connectivity index is 2.30. The molecule has 1 heterocycles. The van der Waals surface area contributed by atoms with Crippen LogP contribution in [-0.2, 0) is 6.42 Å². The summed E-state index contributed by atoms with van der Waals surface area (Å²) in [5.74, 6) is 1.64. The van der Waals surface area contributed by atoms with E-state index in [2.05, 4.69) is 59.9 Å². The molecule has 0 bridgehead atoms. The standard InChI is InChI=1S/C12H11BrIN3/c1-2-11-16-10(13)7-12(17-11)15-9-6-4-3-5-8(9)14/h3-7H,2H2,1H3,(H,15,16,17). The van der Waals surface area contributed by atoms with Crippen LogP contribution in [-0.4, -0.2) is 9.97 Å². The van der Waals surface area contributed by atoms with Gasteiger partial charge in [-0.15, -0.1) is 0 Å². The molecule has 0 fully saturated rings. The zero-order valence-electron chi connectivity index (χ0n) is 9.24. The number of halogens is 2. The maximum atomic E-state index is 4.43. The maximum absolute atomic E-state index is 4.43. The smallest absolute Gasteiger partial charge is 0.135 e. The fourth-order valence-electron chi connectivity index (χ4n) is 1.39. The Kier molecular flexibility index (Phi) is 4.33. The molecule has 88 valence electrons. The molecule has 0 spiro atoms. The van der Waals surface area contributed by atoms with Gasteiger partial charge in [-0.1, -0.05) is 19.1 Å². The van der Waals surface area contributed by atoms with E-state index < -0.39 is 0 Å². The van der Waals surface area contributed by atoms with Crippen molar-refractivity contribution in [3.63, 3.8) is 0 Å². The Morgan fingerprint density at radius 2 is 2.06 bits per heavy atom. The average molecular weight is 404 g/mol. The van der Waals surface area contributed by atoms with Gasteiger partial charge in [0, 0.05) is 16.1 Å². The predicted molar refractivity (Wildman–Crippen MR) is 81.6 cm³/mol. The monoisotopic (exact) mass is 403 g/mol. The Labute approximate surface area is 122 Å². The fraction of sp³-hybridized carbons (Fsp3) is 0.167. The van der Waals surface area contributed by atoms with Crippen molar-refractivity contribution in [2.24, 2.45) is 0 Å². The summed E-state index contributed by atoms with van der Waals surface area (Å²) in [6, 6.07) is 9.98. The van der Waals surface area contributed by atoms with Gasteiger partial charge in [-0.3, -0.25) is 0 Å². The minimum Gasteiger partial charge on any atom is -0.339 e. The van der Waals surface area contributed by atoms with Crippen molar-refractivity contribution in [1.82, 2.24) is 9.97 Å². The van der Waals surface area contributed by atoms with Crippen molar-refractivity contribution in [3.8, 4) is 0 Å². The van der Waals surface area contributed by atoms with Gasteiger partial charge in [-0.05, 0) is 50.7 Å². The van der Waals surface area contributed by atoms with E-state index in [1.807, 2.05) is 31.2 Å². The van der Waals surface area contributed by atoms with E-state index in [9.17, 15) is 0 Å². The van der Waals surface area contributed by atoms with Crippen LogP contribution in [0.5, 0.6) is 0 Å². The lowest BCUT2D eigenvalue weighted by atomic mass is 10.3. The summed E-state index contributed by atoms with van der Waals surface area (Å²) in [7, 11) is 0. The minimum absolute atomic E-state index is 0.804. The largest absolute Gasteiger partial charge is 0.339 e. The molecule has 1 aromatic carbocycles. The van der Waals surface area contributed by atoms with Gasteiger partial charge in [0.2, 0.25) is 0 Å². The van der Waals surface area contributed by atoms with Crippen LogP contribution < -0.4 is 5.32 Å². The van der Waals surface area contributed by atoms with E-state index in [1.165, 1.54) is 0 Å². The molecule has 0 saturated carbocycles. The normalized spacial score (nSPS) is 10.3. The lowest BCUT2D eigenvalue weighted by Crippen LogP contribution is -2.00. The summed E-state index contributed by atoms with van der Waals surface area (Å²) in [5.41, 5.74) is 1.06. The first-order valence-corrected chi connectivity index (χ1v) is 7.11. The molecular formula is C12H11BrIN3. The first-order valence-electron chi connectivity index (χ1n) is 5.24. The van der Waals surface area contributed by atoms with Crippen molar-refractivity contribution in [3.05, 3.63) is 44.3 Å². The lowest BCUT2D eigenvalue weighted by Gasteiger charge is -2.08. The number of para-hydroxylation sites is 1. The van der Waals surface area contributed by atoms with Gasteiger partial charge in [0.25, 0.3) is 0 Å². The van der Waals surface area contributed by atoms with Crippen LogP contribution in [0.25, 0.3) is 0 Å². The van der Waals surface area contributed by atoms with E-state index in [1.54, 1.807) is 0 Å². The fourth-order valence-corrected chi connectivity index (χ4v) is 2.33. The summed E-state index contributed by atoms with van der Waals surface area (Å²) < 4.78 is 1.97. The number of benzene rings is 1. The molecule has 3 nitrogen and oxygen atoms in total. The van der Waals surface area contributed by atoms with Crippen molar-refractivity contribution in [2.75, 3.05) is 5.32 Å². The molecule has 0 aliphatic heterocycles. The van der Waals surface area contributed by atoms with Crippen LogP contribution in [0, 0.1) is 3.57 Å². The van der Waals surface area contributed by atoms with E-state index in [0.717, 1.165) is 31.9 Å². The van der Waals surface area contributed by atoms with Crippen LogP contribution in [0.2, 0.25) is 0 Å². The topological polar surface area (TPSA) is 37.8 Å². The van der Waals surface area contributed by atoms with Crippen molar-refractivity contribution in [1.29, 1.82) is 0 Å². The number of aryl methyl sites for hydroxylation is 1. The average Bonchev–Trinajstić information content (AvgIpc) is 2.31. The molecule has 1 aromatic heterocycles. The number of nitrogens with zero attached hydrogens (tertiary/aromatic N) is 2. The van der Waals surface area contributed by atoms with Gasteiger partial charge < -0.3 is 5.32 Å². The summed E-state index contributed by atoms with van der Waals surface area (Å²) in [5, 5.41) is 3.30. The number of anilines is 2. The Hall–Kier alpha value is -0.690. The van der Waals surface area contributed by atoms with Crippen LogP contribution in [0.1, 0.15) is 12.7 Å². The Morgan fingerprint density at radius 1 is 1.29 bits per heavy atom. The van der Waals surface area contributed by atoms with Crippen LogP contribution >= 0.6 is 38.5 Å².